The third kappa shape index (κ3) is 2.77. The lowest BCUT2D eigenvalue weighted by molar-refractivity contribution is 0.118. The van der Waals surface area contributed by atoms with Crippen LogP contribution in [0, 0.1) is 0 Å². The van der Waals surface area contributed by atoms with E-state index in [0.29, 0.717) is 6.42 Å². The van der Waals surface area contributed by atoms with Crippen LogP contribution in [0.1, 0.15) is 19.8 Å². The molecule has 0 aliphatic heterocycles. The van der Waals surface area contributed by atoms with Crippen molar-refractivity contribution >= 4 is 0 Å². The molecule has 0 aliphatic rings. The van der Waals surface area contributed by atoms with Crippen LogP contribution >= 0.6 is 0 Å². The van der Waals surface area contributed by atoms with E-state index in [0.717, 1.165) is 0 Å². The zero-order valence-electron chi connectivity index (χ0n) is 5.73. The van der Waals surface area contributed by atoms with E-state index in [2.05, 4.69) is 0 Å². The Morgan fingerprint density at radius 3 is 2.33 bits per heavy atom. The van der Waals surface area contributed by atoms with Gasteiger partial charge in [0.05, 0.1) is 0 Å². The van der Waals surface area contributed by atoms with Gasteiger partial charge in [0.25, 0.3) is 0 Å². The van der Waals surface area contributed by atoms with Crippen LogP contribution < -0.4 is 5.73 Å². The third-order valence-electron chi connectivity index (χ3n) is 1.56. The van der Waals surface area contributed by atoms with E-state index in [1.54, 1.807) is 6.92 Å². The van der Waals surface area contributed by atoms with Gasteiger partial charge in [-0.05, 0) is 6.42 Å². The average Bonchev–Trinajstić information content (AvgIpc) is 1.89. The van der Waals surface area contributed by atoms with Crippen LogP contribution in [0.5, 0.6) is 0 Å². The second kappa shape index (κ2) is 3.80. The molecule has 0 saturated heterocycles. The molecule has 0 bridgehead atoms. The van der Waals surface area contributed by atoms with Crippen molar-refractivity contribution < 1.29 is 9.50 Å². The molecule has 1 atom stereocenters. The molecule has 0 aromatic heterocycles. The molecule has 0 amide bonds. The van der Waals surface area contributed by atoms with E-state index in [4.69, 9.17) is 10.8 Å². The van der Waals surface area contributed by atoms with Crippen LogP contribution in [0.3, 0.4) is 0 Å². The van der Waals surface area contributed by atoms with Crippen molar-refractivity contribution in [2.45, 2.75) is 25.4 Å². The van der Waals surface area contributed by atoms with Crippen molar-refractivity contribution in [3.8, 4) is 0 Å². The van der Waals surface area contributed by atoms with Crippen molar-refractivity contribution in [3.63, 3.8) is 0 Å². The average molecular weight is 135 g/mol. The van der Waals surface area contributed by atoms with Crippen molar-refractivity contribution in [3.05, 3.63) is 0 Å². The predicted octanol–water partition coefficient (Wildman–Crippen LogP) is 0.446. The van der Waals surface area contributed by atoms with Crippen molar-refractivity contribution in [1.29, 1.82) is 0 Å². The van der Waals surface area contributed by atoms with E-state index < -0.39 is 5.67 Å². The lowest BCUT2D eigenvalue weighted by atomic mass is 10.00. The molecule has 1 unspecified atom stereocenters. The lowest BCUT2D eigenvalue weighted by Gasteiger charge is -2.19. The van der Waals surface area contributed by atoms with E-state index >= 15 is 0 Å². The first-order valence-corrected chi connectivity index (χ1v) is 3.18. The monoisotopic (exact) mass is 135 g/mol. The molecule has 0 aliphatic carbocycles. The van der Waals surface area contributed by atoms with Crippen molar-refractivity contribution in [2.75, 3.05) is 13.2 Å². The minimum absolute atomic E-state index is 0.00403. The van der Waals surface area contributed by atoms with E-state index in [-0.39, 0.29) is 19.6 Å². The normalized spacial score (nSPS) is 17.3. The van der Waals surface area contributed by atoms with Crippen LogP contribution in [-0.4, -0.2) is 23.9 Å². The Labute approximate surface area is 54.9 Å². The van der Waals surface area contributed by atoms with Crippen LogP contribution in [0.2, 0.25) is 0 Å². The Balaban J connectivity index is 3.62. The van der Waals surface area contributed by atoms with Crippen molar-refractivity contribution in [1.82, 2.24) is 0 Å². The summed E-state index contributed by atoms with van der Waals surface area (Å²) in [6.07, 6.45) is 0.532. The highest BCUT2D eigenvalue weighted by Crippen LogP contribution is 2.17. The Morgan fingerprint density at radius 2 is 2.22 bits per heavy atom. The highest BCUT2D eigenvalue weighted by molar-refractivity contribution is 4.77. The van der Waals surface area contributed by atoms with Gasteiger partial charge in [-0.3, -0.25) is 0 Å². The molecule has 9 heavy (non-hydrogen) atoms. The summed E-state index contributed by atoms with van der Waals surface area (Å²) in [5.74, 6) is 0. The maximum absolute atomic E-state index is 13.0. The molecule has 0 fully saturated rings. The Morgan fingerprint density at radius 1 is 1.67 bits per heavy atom. The molecule has 3 N–H and O–H groups in total. The standard InChI is InChI=1S/C6H14FNO/c1-2-6(7,5-8)3-4-9/h9H,2-5,8H2,1H3. The summed E-state index contributed by atoms with van der Waals surface area (Å²) in [5.41, 5.74) is 3.78. The molecule has 3 heteroatoms. The highest BCUT2D eigenvalue weighted by atomic mass is 19.1. The number of rotatable bonds is 4. The number of aliphatic hydroxyl groups excluding tert-OH is 1. The van der Waals surface area contributed by atoms with Crippen LogP contribution in [0.4, 0.5) is 4.39 Å². The SMILES string of the molecule is CCC(F)(CN)CCO. The Hall–Kier alpha value is -0.150. The minimum Gasteiger partial charge on any atom is -0.396 e. The van der Waals surface area contributed by atoms with Gasteiger partial charge in [-0.1, -0.05) is 6.92 Å². The number of halogens is 1. The molecule has 0 heterocycles. The summed E-state index contributed by atoms with van der Waals surface area (Å²) < 4.78 is 13.0. The van der Waals surface area contributed by atoms with Gasteiger partial charge in [-0.25, -0.2) is 4.39 Å². The zero-order valence-corrected chi connectivity index (χ0v) is 5.73. The Kier molecular flexibility index (Phi) is 3.73. The molecule has 0 radical (unpaired) electrons. The number of aliphatic hydroxyl groups is 1. The molecular formula is C6H14FNO. The molecular weight excluding hydrogens is 121 g/mol. The summed E-state index contributed by atoms with van der Waals surface area (Å²) in [6, 6.07) is 0. The smallest absolute Gasteiger partial charge is 0.125 e. The summed E-state index contributed by atoms with van der Waals surface area (Å²) in [5, 5.41) is 8.37. The quantitative estimate of drug-likeness (QED) is 0.587. The molecule has 0 saturated carbocycles. The van der Waals surface area contributed by atoms with E-state index in [9.17, 15) is 4.39 Å². The predicted molar refractivity (Wildman–Crippen MR) is 34.9 cm³/mol. The number of nitrogens with two attached hydrogens (primary N) is 1. The summed E-state index contributed by atoms with van der Waals surface area (Å²) in [7, 11) is 0. The third-order valence-corrected chi connectivity index (χ3v) is 1.56. The molecule has 0 aromatic carbocycles. The topological polar surface area (TPSA) is 46.2 Å². The maximum atomic E-state index is 13.0. The van der Waals surface area contributed by atoms with Gasteiger partial charge in [0.15, 0.2) is 0 Å². The highest BCUT2D eigenvalue weighted by Gasteiger charge is 2.23. The number of alkyl halides is 1. The van der Waals surface area contributed by atoms with Crippen LogP contribution in [0.25, 0.3) is 0 Å². The number of hydrogen-bond acceptors (Lipinski definition) is 2. The Bertz CT molecular complexity index is 73.5. The second-order valence-electron chi connectivity index (χ2n) is 2.18. The van der Waals surface area contributed by atoms with Gasteiger partial charge < -0.3 is 10.8 Å². The zero-order chi connectivity index (χ0) is 7.33. The molecule has 56 valence electrons. The lowest BCUT2D eigenvalue weighted by Crippen LogP contribution is -2.33. The number of hydrogen-bond donors (Lipinski definition) is 2. The summed E-state index contributed by atoms with van der Waals surface area (Å²) >= 11 is 0. The minimum atomic E-state index is -1.34. The van der Waals surface area contributed by atoms with Gasteiger partial charge in [0, 0.05) is 19.6 Å². The molecule has 0 rings (SSSR count). The van der Waals surface area contributed by atoms with Crippen LogP contribution in [-0.2, 0) is 0 Å². The largest absolute Gasteiger partial charge is 0.396 e. The second-order valence-corrected chi connectivity index (χ2v) is 2.18. The van der Waals surface area contributed by atoms with Gasteiger partial charge in [0.2, 0.25) is 0 Å². The first-order valence-electron chi connectivity index (χ1n) is 3.18. The van der Waals surface area contributed by atoms with E-state index in [1.165, 1.54) is 0 Å². The van der Waals surface area contributed by atoms with Crippen LogP contribution in [0.15, 0.2) is 0 Å². The van der Waals surface area contributed by atoms with E-state index in [1.807, 2.05) is 0 Å². The first kappa shape index (κ1) is 8.85. The summed E-state index contributed by atoms with van der Waals surface area (Å²) in [6.45, 7) is 1.61. The fourth-order valence-electron chi connectivity index (χ4n) is 0.624. The molecule has 0 aromatic rings. The van der Waals surface area contributed by atoms with Gasteiger partial charge in [-0.15, -0.1) is 0 Å². The summed E-state index contributed by atoms with van der Waals surface area (Å²) in [4.78, 5) is 0. The first-order chi connectivity index (χ1) is 4.18. The van der Waals surface area contributed by atoms with Gasteiger partial charge in [-0.2, -0.15) is 0 Å². The maximum Gasteiger partial charge on any atom is 0.125 e. The molecule has 2 nitrogen and oxygen atoms in total. The fourth-order valence-corrected chi connectivity index (χ4v) is 0.624. The fraction of sp³-hybridized carbons (Fsp3) is 1.00. The van der Waals surface area contributed by atoms with Crippen molar-refractivity contribution in [2.24, 2.45) is 5.73 Å². The van der Waals surface area contributed by atoms with Gasteiger partial charge >= 0.3 is 0 Å². The van der Waals surface area contributed by atoms with Gasteiger partial charge in [0.1, 0.15) is 5.67 Å². The molecule has 0 spiro atoms.